The first-order valence-corrected chi connectivity index (χ1v) is 8.58. The highest BCUT2D eigenvalue weighted by Gasteiger charge is 2.28. The van der Waals surface area contributed by atoms with Crippen LogP contribution in [0.25, 0.3) is 0 Å². The number of hydrogen-bond donors (Lipinski definition) is 1. The molecule has 128 valence electrons. The molecule has 0 spiro atoms. The molecule has 0 aliphatic heterocycles. The molecule has 24 heavy (non-hydrogen) atoms. The van der Waals surface area contributed by atoms with Crippen LogP contribution in [0.15, 0.2) is 23.4 Å². The van der Waals surface area contributed by atoms with Crippen molar-refractivity contribution in [1.82, 2.24) is 25.5 Å². The van der Waals surface area contributed by atoms with Crippen molar-refractivity contribution in [2.24, 2.45) is 0 Å². The number of rotatable bonds is 8. The van der Waals surface area contributed by atoms with Crippen LogP contribution in [0.2, 0.25) is 0 Å². The minimum atomic E-state index is -0.0804. The summed E-state index contributed by atoms with van der Waals surface area (Å²) in [6.45, 7) is 0.389. The highest BCUT2D eigenvalue weighted by molar-refractivity contribution is 7.99. The number of ether oxygens (including phenoxy) is 2. The van der Waals surface area contributed by atoms with Gasteiger partial charge in [0.1, 0.15) is 11.5 Å². The molecule has 0 bridgehead atoms. The molecule has 1 saturated carbocycles. The standard InChI is InChI=1S/C15H19N5O3S/c1-22-12-6-3-10(13(7-12)23-2)8-16-14(21)9-24-15-17-18-19-20(15)11-4-5-11/h3,6-7,11H,4-5,8-9H2,1-2H3,(H,16,21). The highest BCUT2D eigenvalue weighted by atomic mass is 32.2. The van der Waals surface area contributed by atoms with Crippen molar-refractivity contribution < 1.29 is 14.3 Å². The van der Waals surface area contributed by atoms with Crippen LogP contribution >= 0.6 is 11.8 Å². The van der Waals surface area contributed by atoms with Gasteiger partial charge >= 0.3 is 0 Å². The fraction of sp³-hybridized carbons (Fsp3) is 0.467. The molecular formula is C15H19N5O3S. The molecule has 3 rings (SSSR count). The van der Waals surface area contributed by atoms with Crippen LogP contribution in [0.3, 0.4) is 0 Å². The van der Waals surface area contributed by atoms with Crippen LogP contribution in [0.1, 0.15) is 24.4 Å². The lowest BCUT2D eigenvalue weighted by Gasteiger charge is -2.11. The Hall–Kier alpha value is -2.29. The van der Waals surface area contributed by atoms with Crippen molar-refractivity contribution in [3.05, 3.63) is 23.8 Å². The van der Waals surface area contributed by atoms with Crippen molar-refractivity contribution >= 4 is 17.7 Å². The van der Waals surface area contributed by atoms with E-state index in [4.69, 9.17) is 9.47 Å². The molecule has 8 nitrogen and oxygen atoms in total. The van der Waals surface area contributed by atoms with E-state index in [1.54, 1.807) is 25.0 Å². The van der Waals surface area contributed by atoms with Crippen LogP contribution in [0.4, 0.5) is 0 Å². The van der Waals surface area contributed by atoms with Gasteiger partial charge in [0, 0.05) is 18.2 Å². The van der Waals surface area contributed by atoms with Crippen molar-refractivity contribution in [1.29, 1.82) is 0 Å². The second-order valence-corrected chi connectivity index (χ2v) is 6.32. The number of aromatic nitrogens is 4. The van der Waals surface area contributed by atoms with E-state index in [2.05, 4.69) is 20.8 Å². The molecule has 0 unspecified atom stereocenters. The third-order valence-corrected chi connectivity index (χ3v) is 4.59. The van der Waals surface area contributed by atoms with Gasteiger partial charge in [-0.1, -0.05) is 11.8 Å². The SMILES string of the molecule is COc1ccc(CNC(=O)CSc2nnnn2C2CC2)c(OC)c1. The molecule has 1 aromatic carbocycles. The topological polar surface area (TPSA) is 91.2 Å². The van der Waals surface area contributed by atoms with E-state index in [-0.39, 0.29) is 11.7 Å². The number of carbonyl (C=O) groups is 1. The number of methoxy groups -OCH3 is 2. The maximum Gasteiger partial charge on any atom is 0.230 e. The molecule has 2 aromatic rings. The lowest BCUT2D eigenvalue weighted by atomic mass is 10.2. The van der Waals surface area contributed by atoms with Crippen molar-refractivity contribution in [2.45, 2.75) is 30.6 Å². The zero-order valence-corrected chi connectivity index (χ0v) is 14.4. The maximum absolute atomic E-state index is 12.1. The molecule has 9 heteroatoms. The third kappa shape index (κ3) is 3.97. The zero-order valence-electron chi connectivity index (χ0n) is 13.6. The molecule has 1 aliphatic carbocycles. The van der Waals surface area contributed by atoms with Gasteiger partial charge in [0.25, 0.3) is 0 Å². The predicted molar refractivity (Wildman–Crippen MR) is 88.2 cm³/mol. The average molecular weight is 349 g/mol. The molecule has 1 aliphatic rings. The Morgan fingerprint density at radius 2 is 2.21 bits per heavy atom. The number of thioether (sulfide) groups is 1. The van der Waals surface area contributed by atoms with E-state index in [1.807, 2.05) is 12.1 Å². The molecule has 0 saturated heterocycles. The smallest absolute Gasteiger partial charge is 0.230 e. The number of amides is 1. The fourth-order valence-corrected chi connectivity index (χ4v) is 2.98. The van der Waals surface area contributed by atoms with Crippen molar-refractivity contribution in [3.8, 4) is 11.5 Å². The normalized spacial score (nSPS) is 13.6. The summed E-state index contributed by atoms with van der Waals surface area (Å²) in [4.78, 5) is 12.1. The van der Waals surface area contributed by atoms with Gasteiger partial charge in [0.15, 0.2) is 0 Å². The zero-order chi connectivity index (χ0) is 16.9. The fourth-order valence-electron chi connectivity index (χ4n) is 2.20. The second kappa shape index (κ2) is 7.52. The first-order chi connectivity index (χ1) is 11.7. The Labute approximate surface area is 143 Å². The number of hydrogen-bond acceptors (Lipinski definition) is 7. The molecule has 1 N–H and O–H groups in total. The number of nitrogens with zero attached hydrogens (tertiary/aromatic N) is 4. The molecule has 0 atom stereocenters. The first-order valence-electron chi connectivity index (χ1n) is 7.59. The summed E-state index contributed by atoms with van der Waals surface area (Å²) >= 11 is 1.34. The van der Waals surface area contributed by atoms with E-state index in [9.17, 15) is 4.79 Å². The van der Waals surface area contributed by atoms with E-state index >= 15 is 0 Å². The molecule has 0 radical (unpaired) electrons. The quantitative estimate of drug-likeness (QED) is 0.721. The minimum Gasteiger partial charge on any atom is -0.497 e. The molecular weight excluding hydrogens is 330 g/mol. The van der Waals surface area contributed by atoms with Gasteiger partial charge < -0.3 is 14.8 Å². The number of benzene rings is 1. The Morgan fingerprint density at radius 1 is 1.38 bits per heavy atom. The monoisotopic (exact) mass is 349 g/mol. The van der Waals surface area contributed by atoms with Crippen LogP contribution in [-0.4, -0.2) is 46.1 Å². The Balaban J connectivity index is 1.51. The van der Waals surface area contributed by atoms with E-state index in [0.717, 1.165) is 18.4 Å². The summed E-state index contributed by atoms with van der Waals surface area (Å²) in [5.41, 5.74) is 0.888. The Morgan fingerprint density at radius 3 is 2.92 bits per heavy atom. The van der Waals surface area contributed by atoms with Gasteiger partial charge in [-0.3, -0.25) is 4.79 Å². The highest BCUT2D eigenvalue weighted by Crippen LogP contribution is 2.36. The summed E-state index contributed by atoms with van der Waals surface area (Å²) in [7, 11) is 3.19. The van der Waals surface area contributed by atoms with Crippen LogP contribution in [-0.2, 0) is 11.3 Å². The number of carbonyl (C=O) groups excluding carboxylic acids is 1. The summed E-state index contributed by atoms with van der Waals surface area (Å²) in [5, 5.41) is 15.2. The number of tetrazole rings is 1. The van der Waals surface area contributed by atoms with Gasteiger partial charge in [-0.15, -0.1) is 5.10 Å². The van der Waals surface area contributed by atoms with Crippen molar-refractivity contribution in [3.63, 3.8) is 0 Å². The second-order valence-electron chi connectivity index (χ2n) is 5.38. The average Bonchev–Trinajstić information content (AvgIpc) is 3.35. The van der Waals surface area contributed by atoms with E-state index in [1.165, 1.54) is 11.8 Å². The third-order valence-electron chi connectivity index (χ3n) is 3.66. The Bertz CT molecular complexity index is 717. The lowest BCUT2D eigenvalue weighted by molar-refractivity contribution is -0.118. The minimum absolute atomic E-state index is 0.0804. The van der Waals surface area contributed by atoms with Gasteiger partial charge in [-0.2, -0.15) is 0 Å². The summed E-state index contributed by atoms with van der Waals surface area (Å²) in [5.74, 6) is 1.58. The molecule has 1 amide bonds. The number of nitrogens with one attached hydrogen (secondary N) is 1. The maximum atomic E-state index is 12.1. The summed E-state index contributed by atoms with van der Waals surface area (Å²) in [6, 6.07) is 5.90. The van der Waals surface area contributed by atoms with Gasteiger partial charge in [-0.25, -0.2) is 4.68 Å². The van der Waals surface area contributed by atoms with Crippen LogP contribution in [0, 0.1) is 0 Å². The Kier molecular flexibility index (Phi) is 5.19. The van der Waals surface area contributed by atoms with E-state index in [0.29, 0.717) is 29.2 Å². The van der Waals surface area contributed by atoms with Crippen LogP contribution in [0.5, 0.6) is 11.5 Å². The predicted octanol–water partition coefficient (Wildman–Crippen LogP) is 1.43. The van der Waals surface area contributed by atoms with Crippen molar-refractivity contribution in [2.75, 3.05) is 20.0 Å². The van der Waals surface area contributed by atoms with E-state index < -0.39 is 0 Å². The van der Waals surface area contributed by atoms with Crippen LogP contribution < -0.4 is 14.8 Å². The van der Waals surface area contributed by atoms with Gasteiger partial charge in [0.2, 0.25) is 11.1 Å². The largest absolute Gasteiger partial charge is 0.497 e. The molecule has 1 aromatic heterocycles. The van der Waals surface area contributed by atoms with Gasteiger partial charge in [0.05, 0.1) is 26.0 Å². The molecule has 1 heterocycles. The van der Waals surface area contributed by atoms with Gasteiger partial charge in [-0.05, 0) is 35.4 Å². The first kappa shape index (κ1) is 16.6. The molecule has 1 fully saturated rings. The summed E-state index contributed by atoms with van der Waals surface area (Å²) < 4.78 is 12.3. The lowest BCUT2D eigenvalue weighted by Crippen LogP contribution is -2.25. The summed E-state index contributed by atoms with van der Waals surface area (Å²) in [6.07, 6.45) is 2.20.